The minimum absolute atomic E-state index is 0.106. The highest BCUT2D eigenvalue weighted by Crippen LogP contribution is 2.20. The molecule has 0 fully saturated rings. The van der Waals surface area contributed by atoms with E-state index in [1.54, 1.807) is 6.92 Å². The SMILES string of the molecule is C=C(C)C(=O)Nc1ccc(O)c(C#N)c1. The summed E-state index contributed by atoms with van der Waals surface area (Å²) in [7, 11) is 0. The van der Waals surface area contributed by atoms with E-state index >= 15 is 0 Å². The Labute approximate surface area is 87.5 Å². The number of anilines is 1. The maximum Gasteiger partial charge on any atom is 0.250 e. The minimum Gasteiger partial charge on any atom is -0.507 e. The largest absolute Gasteiger partial charge is 0.507 e. The maximum absolute atomic E-state index is 11.2. The molecule has 0 saturated heterocycles. The third kappa shape index (κ3) is 2.58. The van der Waals surface area contributed by atoms with Gasteiger partial charge in [-0.05, 0) is 25.1 Å². The van der Waals surface area contributed by atoms with E-state index in [0.29, 0.717) is 11.3 Å². The number of hydrogen-bond donors (Lipinski definition) is 2. The van der Waals surface area contributed by atoms with Crippen LogP contribution in [0.15, 0.2) is 30.4 Å². The lowest BCUT2D eigenvalue weighted by molar-refractivity contribution is -0.112. The Hall–Kier alpha value is -2.28. The molecule has 1 aromatic carbocycles. The molecule has 76 valence electrons. The molecule has 0 aliphatic carbocycles. The molecule has 1 aromatic rings. The van der Waals surface area contributed by atoms with Gasteiger partial charge in [-0.1, -0.05) is 6.58 Å². The number of rotatable bonds is 2. The quantitative estimate of drug-likeness (QED) is 0.567. The summed E-state index contributed by atoms with van der Waals surface area (Å²) in [4.78, 5) is 11.2. The Kier molecular flexibility index (Phi) is 3.09. The zero-order chi connectivity index (χ0) is 11.4. The van der Waals surface area contributed by atoms with E-state index in [4.69, 9.17) is 5.26 Å². The number of nitriles is 1. The van der Waals surface area contributed by atoms with Crippen LogP contribution in [0.25, 0.3) is 0 Å². The number of nitrogens with one attached hydrogen (secondary N) is 1. The zero-order valence-electron chi connectivity index (χ0n) is 8.24. The highest BCUT2D eigenvalue weighted by molar-refractivity contribution is 6.02. The van der Waals surface area contributed by atoms with E-state index < -0.39 is 0 Å². The van der Waals surface area contributed by atoms with Crippen LogP contribution in [0.5, 0.6) is 5.75 Å². The van der Waals surface area contributed by atoms with Crippen molar-refractivity contribution >= 4 is 11.6 Å². The zero-order valence-corrected chi connectivity index (χ0v) is 8.24. The molecule has 0 radical (unpaired) electrons. The second-order valence-electron chi connectivity index (χ2n) is 3.08. The van der Waals surface area contributed by atoms with Crippen molar-refractivity contribution in [3.05, 3.63) is 35.9 Å². The van der Waals surface area contributed by atoms with Crippen LogP contribution in [0.4, 0.5) is 5.69 Å². The number of carbonyl (C=O) groups excluding carboxylic acids is 1. The molecule has 0 saturated carbocycles. The number of nitrogens with zero attached hydrogens (tertiary/aromatic N) is 1. The van der Waals surface area contributed by atoms with Gasteiger partial charge in [-0.25, -0.2) is 0 Å². The lowest BCUT2D eigenvalue weighted by atomic mass is 10.2. The summed E-state index contributed by atoms with van der Waals surface area (Å²) in [5.74, 6) is -0.421. The van der Waals surface area contributed by atoms with Gasteiger partial charge in [0.15, 0.2) is 0 Å². The molecule has 0 aliphatic rings. The summed E-state index contributed by atoms with van der Waals surface area (Å²) in [5.41, 5.74) is 0.952. The van der Waals surface area contributed by atoms with Gasteiger partial charge in [0.1, 0.15) is 11.8 Å². The fraction of sp³-hybridized carbons (Fsp3) is 0.0909. The Morgan fingerprint density at radius 3 is 2.80 bits per heavy atom. The topological polar surface area (TPSA) is 73.1 Å². The summed E-state index contributed by atoms with van der Waals surface area (Å²) >= 11 is 0. The highest BCUT2D eigenvalue weighted by atomic mass is 16.3. The van der Waals surface area contributed by atoms with Crippen molar-refractivity contribution in [2.75, 3.05) is 5.32 Å². The number of benzene rings is 1. The van der Waals surface area contributed by atoms with Gasteiger partial charge in [-0.2, -0.15) is 5.26 Å². The third-order valence-electron chi connectivity index (χ3n) is 1.76. The summed E-state index contributed by atoms with van der Waals surface area (Å²) in [6, 6.07) is 6.08. The van der Waals surface area contributed by atoms with E-state index in [1.807, 2.05) is 6.07 Å². The van der Waals surface area contributed by atoms with Crippen LogP contribution in [0.2, 0.25) is 0 Å². The standard InChI is InChI=1S/C11H10N2O2/c1-7(2)11(15)13-9-3-4-10(14)8(5-9)6-12/h3-5,14H,1H2,2H3,(H,13,15). The average molecular weight is 202 g/mol. The molecule has 0 heterocycles. The highest BCUT2D eigenvalue weighted by Gasteiger charge is 2.05. The van der Waals surface area contributed by atoms with Crippen LogP contribution in [-0.4, -0.2) is 11.0 Å². The van der Waals surface area contributed by atoms with E-state index in [9.17, 15) is 9.90 Å². The van der Waals surface area contributed by atoms with Gasteiger partial charge in [0.25, 0.3) is 5.91 Å². The van der Waals surface area contributed by atoms with Crippen LogP contribution in [0, 0.1) is 11.3 Å². The predicted molar refractivity (Wildman–Crippen MR) is 56.3 cm³/mol. The molecule has 1 amide bonds. The molecule has 4 nitrogen and oxygen atoms in total. The monoisotopic (exact) mass is 202 g/mol. The molecule has 0 aliphatic heterocycles. The number of hydrogen-bond acceptors (Lipinski definition) is 3. The molecule has 0 spiro atoms. The Bertz CT molecular complexity index is 458. The summed E-state index contributed by atoms with van der Waals surface area (Å²) in [6.45, 7) is 5.07. The van der Waals surface area contributed by atoms with Crippen molar-refractivity contribution in [3.63, 3.8) is 0 Å². The van der Waals surface area contributed by atoms with Gasteiger partial charge in [0.05, 0.1) is 5.56 Å². The van der Waals surface area contributed by atoms with Crippen LogP contribution in [-0.2, 0) is 4.79 Å². The van der Waals surface area contributed by atoms with Gasteiger partial charge < -0.3 is 10.4 Å². The first kappa shape index (κ1) is 10.8. The summed E-state index contributed by atoms with van der Waals surface area (Å²) in [6.07, 6.45) is 0. The molecule has 0 atom stereocenters. The number of carbonyl (C=O) groups is 1. The first-order valence-electron chi connectivity index (χ1n) is 4.24. The summed E-state index contributed by atoms with van der Waals surface area (Å²) in [5, 5.41) is 20.4. The van der Waals surface area contributed by atoms with E-state index in [1.165, 1.54) is 18.2 Å². The lowest BCUT2D eigenvalue weighted by Crippen LogP contribution is -2.11. The van der Waals surface area contributed by atoms with Crippen LogP contribution < -0.4 is 5.32 Å². The first-order valence-corrected chi connectivity index (χ1v) is 4.24. The number of aromatic hydroxyl groups is 1. The molecule has 4 heteroatoms. The van der Waals surface area contributed by atoms with Gasteiger partial charge in [-0.15, -0.1) is 0 Å². The minimum atomic E-state index is -0.315. The fourth-order valence-electron chi connectivity index (χ4n) is 0.941. The molecule has 0 bridgehead atoms. The van der Waals surface area contributed by atoms with Crippen molar-refractivity contribution in [2.45, 2.75) is 6.92 Å². The van der Waals surface area contributed by atoms with Gasteiger partial charge in [0, 0.05) is 11.3 Å². The smallest absolute Gasteiger partial charge is 0.250 e. The van der Waals surface area contributed by atoms with Crippen LogP contribution >= 0.6 is 0 Å². The molecule has 0 aromatic heterocycles. The van der Waals surface area contributed by atoms with E-state index in [-0.39, 0.29) is 17.2 Å². The second kappa shape index (κ2) is 4.29. The Morgan fingerprint density at radius 2 is 2.27 bits per heavy atom. The first-order chi connectivity index (χ1) is 7.04. The van der Waals surface area contributed by atoms with E-state index in [0.717, 1.165) is 0 Å². The van der Waals surface area contributed by atoms with Crippen LogP contribution in [0.1, 0.15) is 12.5 Å². The Balaban J connectivity index is 2.94. The molecular weight excluding hydrogens is 192 g/mol. The van der Waals surface area contributed by atoms with Crippen molar-refractivity contribution < 1.29 is 9.90 Å². The third-order valence-corrected chi connectivity index (χ3v) is 1.76. The van der Waals surface area contributed by atoms with Gasteiger partial charge >= 0.3 is 0 Å². The average Bonchev–Trinajstić information content (AvgIpc) is 2.20. The molecule has 15 heavy (non-hydrogen) atoms. The van der Waals surface area contributed by atoms with E-state index in [2.05, 4.69) is 11.9 Å². The van der Waals surface area contributed by atoms with Gasteiger partial charge in [-0.3, -0.25) is 4.79 Å². The Morgan fingerprint density at radius 1 is 1.60 bits per heavy atom. The van der Waals surface area contributed by atoms with Crippen molar-refractivity contribution in [1.29, 1.82) is 5.26 Å². The second-order valence-corrected chi connectivity index (χ2v) is 3.08. The van der Waals surface area contributed by atoms with Gasteiger partial charge in [0.2, 0.25) is 0 Å². The van der Waals surface area contributed by atoms with Crippen molar-refractivity contribution in [1.82, 2.24) is 0 Å². The molecule has 0 unspecified atom stereocenters. The molecular formula is C11H10N2O2. The fourth-order valence-corrected chi connectivity index (χ4v) is 0.941. The summed E-state index contributed by atoms with van der Waals surface area (Å²) < 4.78 is 0. The van der Waals surface area contributed by atoms with Crippen LogP contribution in [0.3, 0.4) is 0 Å². The maximum atomic E-state index is 11.2. The molecule has 2 N–H and O–H groups in total. The normalized spacial score (nSPS) is 9.07. The molecule has 1 rings (SSSR count). The predicted octanol–water partition coefficient (Wildman–Crippen LogP) is 1.78. The number of phenols is 1. The van der Waals surface area contributed by atoms with Crippen molar-refractivity contribution in [3.8, 4) is 11.8 Å². The number of phenolic OH excluding ortho intramolecular Hbond substituents is 1. The lowest BCUT2D eigenvalue weighted by Gasteiger charge is -2.05. The van der Waals surface area contributed by atoms with Crippen molar-refractivity contribution in [2.24, 2.45) is 0 Å². The number of amides is 1.